The van der Waals surface area contributed by atoms with E-state index >= 15 is 0 Å². The molecule has 0 N–H and O–H groups in total. The standard InChI is InChI=1S/C14H22ClN5/c1-10(11-6-7-11)19(2)13-16-12(15)17-14(18-13)20-8-4-3-5-9-20/h10-11H,3-9H2,1-2H3. The fraction of sp³-hybridized carbons (Fsp3) is 0.786. The molecule has 0 bridgehead atoms. The highest BCUT2D eigenvalue weighted by atomic mass is 35.5. The zero-order valence-electron chi connectivity index (χ0n) is 12.2. The minimum atomic E-state index is 0.297. The predicted molar refractivity (Wildman–Crippen MR) is 81.5 cm³/mol. The third-order valence-corrected chi connectivity index (χ3v) is 4.62. The van der Waals surface area contributed by atoms with Crippen LogP contribution in [0.25, 0.3) is 0 Å². The Hall–Kier alpha value is -1.10. The lowest BCUT2D eigenvalue weighted by atomic mass is 10.1. The Labute approximate surface area is 125 Å². The van der Waals surface area contributed by atoms with Crippen LogP contribution in [0.15, 0.2) is 0 Å². The molecule has 1 aliphatic carbocycles. The van der Waals surface area contributed by atoms with Gasteiger partial charge in [-0.25, -0.2) is 0 Å². The van der Waals surface area contributed by atoms with E-state index in [1.807, 2.05) is 0 Å². The number of piperidine rings is 1. The second-order valence-corrected chi connectivity index (χ2v) is 6.28. The van der Waals surface area contributed by atoms with Gasteiger partial charge in [-0.05, 0) is 56.5 Å². The average Bonchev–Trinajstić information content (AvgIpc) is 3.30. The molecule has 110 valence electrons. The Morgan fingerprint density at radius 3 is 2.50 bits per heavy atom. The smallest absolute Gasteiger partial charge is 0.231 e. The van der Waals surface area contributed by atoms with Crippen molar-refractivity contribution in [3.05, 3.63) is 5.28 Å². The van der Waals surface area contributed by atoms with Crippen LogP contribution in [-0.2, 0) is 0 Å². The van der Waals surface area contributed by atoms with E-state index in [0.29, 0.717) is 17.3 Å². The Morgan fingerprint density at radius 2 is 1.85 bits per heavy atom. The van der Waals surface area contributed by atoms with Gasteiger partial charge in [-0.3, -0.25) is 0 Å². The molecular formula is C14H22ClN5. The monoisotopic (exact) mass is 295 g/mol. The number of aromatic nitrogens is 3. The Kier molecular flexibility index (Phi) is 3.96. The Morgan fingerprint density at radius 1 is 1.15 bits per heavy atom. The van der Waals surface area contributed by atoms with Crippen LogP contribution in [0.1, 0.15) is 39.0 Å². The van der Waals surface area contributed by atoms with Crippen molar-refractivity contribution >= 4 is 23.5 Å². The molecule has 2 aliphatic rings. The summed E-state index contributed by atoms with van der Waals surface area (Å²) in [5, 5.41) is 0.297. The largest absolute Gasteiger partial charge is 0.341 e. The summed E-state index contributed by atoms with van der Waals surface area (Å²) < 4.78 is 0. The van der Waals surface area contributed by atoms with Crippen LogP contribution in [0.2, 0.25) is 5.28 Å². The van der Waals surface area contributed by atoms with Crippen molar-refractivity contribution in [1.82, 2.24) is 15.0 Å². The summed E-state index contributed by atoms with van der Waals surface area (Å²) >= 11 is 6.10. The van der Waals surface area contributed by atoms with Crippen molar-refractivity contribution in [1.29, 1.82) is 0 Å². The summed E-state index contributed by atoms with van der Waals surface area (Å²) in [6.07, 6.45) is 6.31. The maximum Gasteiger partial charge on any atom is 0.231 e. The first-order valence-corrected chi connectivity index (χ1v) is 7.92. The van der Waals surface area contributed by atoms with Crippen molar-refractivity contribution < 1.29 is 0 Å². The minimum absolute atomic E-state index is 0.297. The van der Waals surface area contributed by atoms with Crippen LogP contribution in [0.3, 0.4) is 0 Å². The van der Waals surface area contributed by atoms with Gasteiger partial charge in [-0.2, -0.15) is 15.0 Å². The molecule has 1 aromatic rings. The highest BCUT2D eigenvalue weighted by Gasteiger charge is 2.32. The molecule has 1 saturated heterocycles. The van der Waals surface area contributed by atoms with Gasteiger partial charge >= 0.3 is 0 Å². The summed E-state index contributed by atoms with van der Waals surface area (Å²) in [6.45, 7) is 4.26. The molecule has 20 heavy (non-hydrogen) atoms. The second kappa shape index (κ2) is 5.72. The van der Waals surface area contributed by atoms with Crippen LogP contribution in [0, 0.1) is 5.92 Å². The molecule has 1 atom stereocenters. The fourth-order valence-electron chi connectivity index (χ4n) is 2.80. The summed E-state index contributed by atoms with van der Waals surface area (Å²) in [5.41, 5.74) is 0. The predicted octanol–water partition coefficient (Wildman–Crippen LogP) is 2.75. The molecule has 6 heteroatoms. The maximum atomic E-state index is 6.10. The van der Waals surface area contributed by atoms with Crippen molar-refractivity contribution in [2.45, 2.75) is 45.1 Å². The van der Waals surface area contributed by atoms with Gasteiger partial charge in [0.15, 0.2) is 0 Å². The first-order valence-electron chi connectivity index (χ1n) is 7.54. The van der Waals surface area contributed by atoms with Gasteiger partial charge in [0, 0.05) is 26.2 Å². The lowest BCUT2D eigenvalue weighted by molar-refractivity contribution is 0.563. The lowest BCUT2D eigenvalue weighted by Gasteiger charge is -2.29. The molecule has 1 saturated carbocycles. The van der Waals surface area contributed by atoms with Gasteiger partial charge in [0.2, 0.25) is 17.2 Å². The zero-order chi connectivity index (χ0) is 14.1. The summed E-state index contributed by atoms with van der Waals surface area (Å²) in [6, 6.07) is 0.461. The average molecular weight is 296 g/mol. The number of hydrogen-bond donors (Lipinski definition) is 0. The van der Waals surface area contributed by atoms with Crippen LogP contribution < -0.4 is 9.80 Å². The zero-order valence-corrected chi connectivity index (χ0v) is 13.0. The van der Waals surface area contributed by atoms with E-state index in [2.05, 4.69) is 38.7 Å². The van der Waals surface area contributed by atoms with Gasteiger partial charge in [0.25, 0.3) is 0 Å². The lowest BCUT2D eigenvalue weighted by Crippen LogP contribution is -2.34. The minimum Gasteiger partial charge on any atom is -0.341 e. The van der Waals surface area contributed by atoms with Gasteiger partial charge in [-0.1, -0.05) is 0 Å². The van der Waals surface area contributed by atoms with Crippen molar-refractivity contribution in [2.75, 3.05) is 29.9 Å². The van der Waals surface area contributed by atoms with Gasteiger partial charge in [0.05, 0.1) is 0 Å². The maximum absolute atomic E-state index is 6.10. The second-order valence-electron chi connectivity index (χ2n) is 5.94. The summed E-state index contributed by atoms with van der Waals surface area (Å²) in [7, 11) is 2.05. The van der Waals surface area contributed by atoms with Crippen LogP contribution in [-0.4, -0.2) is 41.1 Å². The molecule has 0 aromatic carbocycles. The van der Waals surface area contributed by atoms with E-state index in [1.54, 1.807) is 0 Å². The number of nitrogens with zero attached hydrogens (tertiary/aromatic N) is 5. The van der Waals surface area contributed by atoms with E-state index in [1.165, 1.54) is 32.1 Å². The first-order chi connectivity index (χ1) is 9.65. The van der Waals surface area contributed by atoms with Crippen LogP contribution in [0.5, 0.6) is 0 Å². The van der Waals surface area contributed by atoms with Crippen LogP contribution >= 0.6 is 11.6 Å². The topological polar surface area (TPSA) is 45.2 Å². The molecule has 1 aromatic heterocycles. The van der Waals surface area contributed by atoms with Gasteiger partial charge < -0.3 is 9.80 Å². The molecule has 2 heterocycles. The molecular weight excluding hydrogens is 274 g/mol. The molecule has 2 fully saturated rings. The Balaban J connectivity index is 1.81. The van der Waals surface area contributed by atoms with Gasteiger partial charge in [-0.15, -0.1) is 0 Å². The van der Waals surface area contributed by atoms with E-state index in [4.69, 9.17) is 11.6 Å². The number of halogens is 1. The number of hydrogen-bond acceptors (Lipinski definition) is 5. The molecule has 5 nitrogen and oxygen atoms in total. The molecule has 0 radical (unpaired) electrons. The van der Waals surface area contributed by atoms with Crippen molar-refractivity contribution in [2.24, 2.45) is 5.92 Å². The highest BCUT2D eigenvalue weighted by molar-refractivity contribution is 6.28. The number of anilines is 2. The third-order valence-electron chi connectivity index (χ3n) is 4.45. The van der Waals surface area contributed by atoms with E-state index in [0.717, 1.165) is 25.0 Å². The molecule has 0 amide bonds. The quantitative estimate of drug-likeness (QED) is 0.854. The van der Waals surface area contributed by atoms with Crippen molar-refractivity contribution in [3.63, 3.8) is 0 Å². The molecule has 0 spiro atoms. The molecule has 1 aliphatic heterocycles. The van der Waals surface area contributed by atoms with Crippen LogP contribution in [0.4, 0.5) is 11.9 Å². The summed E-state index contributed by atoms with van der Waals surface area (Å²) in [4.78, 5) is 17.6. The van der Waals surface area contributed by atoms with Crippen molar-refractivity contribution in [3.8, 4) is 0 Å². The van der Waals surface area contributed by atoms with E-state index in [9.17, 15) is 0 Å². The Bertz CT molecular complexity index is 471. The highest BCUT2D eigenvalue weighted by Crippen LogP contribution is 2.35. The normalized spacial score (nSPS) is 20.9. The SMILES string of the molecule is CC(C1CC1)N(C)c1nc(Cl)nc(N2CCCCC2)n1. The summed E-state index contributed by atoms with van der Waals surface area (Å²) in [5.74, 6) is 2.20. The fourth-order valence-corrected chi connectivity index (χ4v) is 2.95. The molecule has 3 rings (SSSR count). The van der Waals surface area contributed by atoms with E-state index < -0.39 is 0 Å². The third kappa shape index (κ3) is 2.97. The first kappa shape index (κ1) is 13.9. The van der Waals surface area contributed by atoms with E-state index in [-0.39, 0.29) is 0 Å². The number of rotatable bonds is 4. The van der Waals surface area contributed by atoms with Gasteiger partial charge in [0.1, 0.15) is 0 Å². The molecule has 1 unspecified atom stereocenters.